The summed E-state index contributed by atoms with van der Waals surface area (Å²) in [6.07, 6.45) is 16.1. The average molecular weight is 383 g/mol. The van der Waals surface area contributed by atoms with Crippen LogP contribution in [0.4, 0.5) is 0 Å². The summed E-state index contributed by atoms with van der Waals surface area (Å²) in [7, 11) is 0. The second kappa shape index (κ2) is 8.47. The second-order valence-electron chi connectivity index (χ2n) is 9.07. The highest BCUT2D eigenvalue weighted by molar-refractivity contribution is 5.94. The maximum atomic E-state index is 6.34. The molecule has 0 radical (unpaired) electrons. The van der Waals surface area contributed by atoms with Crippen LogP contribution < -0.4 is 11.5 Å². The highest BCUT2D eigenvalue weighted by atomic mass is 35.5. The van der Waals surface area contributed by atoms with Gasteiger partial charge in [0.2, 0.25) is 5.96 Å². The van der Waals surface area contributed by atoms with Crippen molar-refractivity contribution in [2.75, 3.05) is 6.61 Å². The van der Waals surface area contributed by atoms with Crippen LogP contribution in [0.5, 0.6) is 0 Å². The molecule has 4 N–H and O–H groups in total. The number of hydrogen-bond acceptors (Lipinski definition) is 3. The van der Waals surface area contributed by atoms with E-state index < -0.39 is 0 Å². The molecule has 0 aromatic carbocycles. The Balaban J connectivity index is 0.00000196. The molecule has 0 aromatic heterocycles. The van der Waals surface area contributed by atoms with Crippen molar-refractivity contribution in [2.45, 2.75) is 83.2 Å². The Labute approximate surface area is 163 Å². The van der Waals surface area contributed by atoms with Crippen molar-refractivity contribution < 1.29 is 4.74 Å². The van der Waals surface area contributed by atoms with Gasteiger partial charge in [-0.15, -0.1) is 17.5 Å². The number of nitrogens with zero attached hydrogens (tertiary/aromatic N) is 2. The van der Waals surface area contributed by atoms with Gasteiger partial charge in [-0.1, -0.05) is 25.7 Å². The van der Waals surface area contributed by atoms with Crippen LogP contribution >= 0.6 is 12.4 Å². The van der Waals surface area contributed by atoms with E-state index in [0.29, 0.717) is 12.0 Å². The number of hydrogen-bond donors (Lipinski definition) is 2. The van der Waals surface area contributed by atoms with Crippen LogP contribution in [0.25, 0.3) is 0 Å². The minimum absolute atomic E-state index is 0. The molecule has 0 aromatic rings. The molecule has 5 aliphatic rings. The Morgan fingerprint density at radius 2 is 1.65 bits per heavy atom. The molecule has 2 unspecified atom stereocenters. The first-order valence-electron chi connectivity index (χ1n) is 10.4. The lowest BCUT2D eigenvalue weighted by atomic mass is 9.48. The molecule has 0 heterocycles. The highest BCUT2D eigenvalue weighted by Gasteiger charge is 2.55. The van der Waals surface area contributed by atoms with E-state index in [1.807, 2.05) is 0 Å². The minimum atomic E-state index is 0. The monoisotopic (exact) mass is 382 g/mol. The van der Waals surface area contributed by atoms with Gasteiger partial charge in [-0.3, -0.25) is 0 Å². The summed E-state index contributed by atoms with van der Waals surface area (Å²) in [5.41, 5.74) is 12.6. The molecule has 148 valence electrons. The first-order valence-corrected chi connectivity index (χ1v) is 10.4. The van der Waals surface area contributed by atoms with E-state index >= 15 is 0 Å². The van der Waals surface area contributed by atoms with Crippen LogP contribution in [0.15, 0.2) is 10.2 Å². The number of ether oxygens (including phenoxy) is 1. The van der Waals surface area contributed by atoms with Gasteiger partial charge in [0, 0.05) is 17.9 Å². The smallest absolute Gasteiger partial charge is 0.211 e. The molecule has 5 nitrogen and oxygen atoms in total. The summed E-state index contributed by atoms with van der Waals surface area (Å²) in [4.78, 5) is 0. The molecule has 5 fully saturated rings. The van der Waals surface area contributed by atoms with Gasteiger partial charge in [-0.25, -0.2) is 0 Å². The number of rotatable bonds is 5. The van der Waals surface area contributed by atoms with E-state index in [4.69, 9.17) is 16.2 Å². The standard InChI is InChI=1S/C20H34N4O.ClH/c21-19(22)24-23-18-16-10-14-9-15(11-16)13-20(18,12-14)7-8-25-17-5-3-1-2-4-6-17;/h14-17H,1-13H2,(H4,21,22,24);1H/b23-18+;/t14-,15+,16?,20?;. The third kappa shape index (κ3) is 4.19. The fraction of sp³-hybridized carbons (Fsp3) is 0.900. The molecule has 4 bridgehead atoms. The van der Waals surface area contributed by atoms with Crippen LogP contribution in [0.2, 0.25) is 0 Å². The third-order valence-electron chi connectivity index (χ3n) is 7.20. The molecule has 5 saturated carbocycles. The topological polar surface area (TPSA) is 86.0 Å². The Bertz CT molecular complexity index is 524. The van der Waals surface area contributed by atoms with Gasteiger partial charge in [0.1, 0.15) is 0 Å². The zero-order chi connectivity index (χ0) is 17.3. The van der Waals surface area contributed by atoms with Crippen LogP contribution in [-0.2, 0) is 4.74 Å². The largest absolute Gasteiger partial charge is 0.378 e. The maximum absolute atomic E-state index is 6.34. The van der Waals surface area contributed by atoms with Gasteiger partial charge < -0.3 is 16.2 Å². The van der Waals surface area contributed by atoms with Crippen LogP contribution in [0.1, 0.15) is 77.0 Å². The van der Waals surface area contributed by atoms with Crippen LogP contribution in [-0.4, -0.2) is 24.4 Å². The predicted octanol–water partition coefficient (Wildman–Crippen LogP) is 3.99. The fourth-order valence-electron chi connectivity index (χ4n) is 6.41. The lowest BCUT2D eigenvalue weighted by Gasteiger charge is -2.57. The zero-order valence-corrected chi connectivity index (χ0v) is 16.7. The minimum Gasteiger partial charge on any atom is -0.378 e. The Kier molecular flexibility index (Phi) is 6.50. The summed E-state index contributed by atoms with van der Waals surface area (Å²) < 4.78 is 6.34. The summed E-state index contributed by atoms with van der Waals surface area (Å²) >= 11 is 0. The summed E-state index contributed by atoms with van der Waals surface area (Å²) in [6, 6.07) is 0. The third-order valence-corrected chi connectivity index (χ3v) is 7.20. The van der Waals surface area contributed by atoms with Crippen molar-refractivity contribution in [3.63, 3.8) is 0 Å². The number of guanidine groups is 1. The van der Waals surface area contributed by atoms with Gasteiger partial charge >= 0.3 is 0 Å². The lowest BCUT2D eigenvalue weighted by Crippen LogP contribution is -2.53. The molecule has 0 aliphatic heterocycles. The molecule has 26 heavy (non-hydrogen) atoms. The molecule has 0 spiro atoms. The first-order chi connectivity index (χ1) is 12.1. The lowest BCUT2D eigenvalue weighted by molar-refractivity contribution is -0.00643. The Morgan fingerprint density at radius 1 is 1.00 bits per heavy atom. The molecule has 0 saturated heterocycles. The van der Waals surface area contributed by atoms with Gasteiger partial charge in [-0.05, 0) is 63.2 Å². The van der Waals surface area contributed by atoms with Crippen LogP contribution in [0, 0.1) is 23.2 Å². The van der Waals surface area contributed by atoms with Crippen molar-refractivity contribution in [2.24, 2.45) is 44.8 Å². The maximum Gasteiger partial charge on any atom is 0.211 e. The SMILES string of the molecule is Cl.NC(N)=N/N=C1\C2C[C@@H]3C[C@H](C2)CC1(CCOC1CCCCCC1)C3. The Hall–Kier alpha value is -0.810. The summed E-state index contributed by atoms with van der Waals surface area (Å²) in [5, 5.41) is 8.62. The highest BCUT2D eigenvalue weighted by Crippen LogP contribution is 2.60. The van der Waals surface area contributed by atoms with Crippen molar-refractivity contribution in [1.29, 1.82) is 0 Å². The van der Waals surface area contributed by atoms with E-state index in [-0.39, 0.29) is 23.8 Å². The van der Waals surface area contributed by atoms with Crippen molar-refractivity contribution in [3.8, 4) is 0 Å². The van der Waals surface area contributed by atoms with Crippen molar-refractivity contribution in [3.05, 3.63) is 0 Å². The van der Waals surface area contributed by atoms with E-state index in [9.17, 15) is 0 Å². The van der Waals surface area contributed by atoms with E-state index in [2.05, 4.69) is 10.2 Å². The molecule has 4 atom stereocenters. The average Bonchev–Trinajstić information content (AvgIpc) is 2.82. The van der Waals surface area contributed by atoms with Gasteiger partial charge in [0.05, 0.1) is 11.8 Å². The van der Waals surface area contributed by atoms with Gasteiger partial charge in [0.15, 0.2) is 0 Å². The summed E-state index contributed by atoms with van der Waals surface area (Å²) in [6.45, 7) is 0.873. The molecule has 5 rings (SSSR count). The molecular weight excluding hydrogens is 348 g/mol. The normalized spacial score (nSPS) is 38.0. The van der Waals surface area contributed by atoms with Gasteiger partial charge in [-0.2, -0.15) is 5.10 Å². The Morgan fingerprint density at radius 3 is 2.27 bits per heavy atom. The fourth-order valence-corrected chi connectivity index (χ4v) is 6.41. The van der Waals surface area contributed by atoms with E-state index in [1.54, 1.807) is 0 Å². The van der Waals surface area contributed by atoms with Crippen LogP contribution in [0.3, 0.4) is 0 Å². The van der Waals surface area contributed by atoms with E-state index in [0.717, 1.165) is 24.9 Å². The van der Waals surface area contributed by atoms with E-state index in [1.165, 1.54) is 76.3 Å². The first kappa shape index (κ1) is 19.9. The molecule has 0 amide bonds. The molecule has 5 aliphatic carbocycles. The predicted molar refractivity (Wildman–Crippen MR) is 109 cm³/mol. The molecular formula is C20H35ClN4O. The van der Waals surface area contributed by atoms with Gasteiger partial charge in [0.25, 0.3) is 0 Å². The number of nitrogens with two attached hydrogens (primary N) is 2. The quantitative estimate of drug-likeness (QED) is 0.326. The second-order valence-corrected chi connectivity index (χ2v) is 9.07. The summed E-state index contributed by atoms with van der Waals surface area (Å²) in [5.74, 6) is 2.44. The van der Waals surface area contributed by atoms with Crippen molar-refractivity contribution in [1.82, 2.24) is 0 Å². The molecule has 6 heteroatoms. The zero-order valence-electron chi connectivity index (χ0n) is 15.9. The number of halogens is 1. The van der Waals surface area contributed by atoms with Crippen molar-refractivity contribution >= 4 is 24.1 Å².